The second-order valence-electron chi connectivity index (χ2n) is 17.5. The number of carbonyl (C=O) groups excluding carboxylic acids is 1. The molecular weight excluding hydrogens is 693 g/mol. The number of benzene rings is 2. The van der Waals surface area contributed by atoms with Gasteiger partial charge < -0.3 is 19.4 Å². The molecule has 4 saturated heterocycles. The minimum absolute atomic E-state index is 0.0322. The van der Waals surface area contributed by atoms with Gasteiger partial charge in [-0.15, -0.1) is 0 Å². The first-order valence-corrected chi connectivity index (χ1v) is 19.6. The molecule has 10 nitrogen and oxygen atoms in total. The molecule has 6 fully saturated rings. The Bertz CT molecular complexity index is 2160. The summed E-state index contributed by atoms with van der Waals surface area (Å²) >= 11 is 0. The second kappa shape index (κ2) is 12.1. The molecule has 2 saturated carbocycles. The Morgan fingerprint density at radius 3 is 2.43 bits per heavy atom. The van der Waals surface area contributed by atoms with E-state index >= 15 is 0 Å². The summed E-state index contributed by atoms with van der Waals surface area (Å²) in [6.07, 6.45) is 4.61. The topological polar surface area (TPSA) is 93.7 Å². The highest BCUT2D eigenvalue weighted by atomic mass is 19.4. The third kappa shape index (κ3) is 5.62. The lowest BCUT2D eigenvalue weighted by Crippen LogP contribution is -2.69. The number of aromatic amines is 1. The van der Waals surface area contributed by atoms with Crippen LogP contribution in [-0.4, -0.2) is 107 Å². The predicted molar refractivity (Wildman–Crippen MR) is 202 cm³/mol. The minimum Gasteiger partial charge on any atom is -0.481 e. The monoisotopic (exact) mass is 740 g/mol. The van der Waals surface area contributed by atoms with Crippen molar-refractivity contribution in [2.75, 3.05) is 68.8 Å². The van der Waals surface area contributed by atoms with Gasteiger partial charge >= 0.3 is 6.18 Å². The van der Waals surface area contributed by atoms with Crippen LogP contribution in [0.3, 0.4) is 0 Å². The van der Waals surface area contributed by atoms with E-state index in [-0.39, 0.29) is 28.4 Å². The number of H-pyrrole nitrogens is 1. The molecule has 0 bridgehead atoms. The zero-order chi connectivity index (χ0) is 37.1. The number of hydrogen-bond donors (Lipinski definition) is 1. The number of hydrogen-bond acceptors (Lipinski definition) is 8. The number of fused-ring (bicyclic) bond motifs is 2. The van der Waals surface area contributed by atoms with Crippen molar-refractivity contribution in [1.82, 2.24) is 30.0 Å². The van der Waals surface area contributed by atoms with Crippen LogP contribution < -0.4 is 14.5 Å². The molecule has 4 aliphatic heterocycles. The van der Waals surface area contributed by atoms with E-state index in [4.69, 9.17) is 14.7 Å². The fraction of sp³-hybridized carbons (Fsp3) is 0.561. The Balaban J connectivity index is 1.08. The van der Waals surface area contributed by atoms with Gasteiger partial charge in [0, 0.05) is 85.6 Å². The molecule has 2 spiro atoms. The highest BCUT2D eigenvalue weighted by Crippen LogP contribution is 2.55. The molecule has 1 amide bonds. The van der Waals surface area contributed by atoms with Crippen molar-refractivity contribution in [2.45, 2.75) is 70.5 Å². The largest absolute Gasteiger partial charge is 0.481 e. The Hall–Kier alpha value is -4.39. The molecule has 10 rings (SSSR count). The van der Waals surface area contributed by atoms with Crippen molar-refractivity contribution in [3.63, 3.8) is 0 Å². The SMILES string of the molecule is C=CC(=O)N1CC2(CCN(c3nc(N4CC5(CC(N6CC(C)C6)C5)C4)nc4c(OCC(F)(F)F)c(-c5c(C)ccc6[nH]ncc56)c(C5CC5)cc34)CC2)C1. The van der Waals surface area contributed by atoms with Gasteiger partial charge in [-0.3, -0.25) is 14.8 Å². The van der Waals surface area contributed by atoms with Crippen LogP contribution in [0.15, 0.2) is 37.1 Å². The summed E-state index contributed by atoms with van der Waals surface area (Å²) < 4.78 is 48.4. The van der Waals surface area contributed by atoms with Crippen LogP contribution in [0.25, 0.3) is 32.9 Å². The van der Waals surface area contributed by atoms with Gasteiger partial charge in [0.15, 0.2) is 12.4 Å². The van der Waals surface area contributed by atoms with E-state index < -0.39 is 12.8 Å². The number of likely N-dealkylation sites (tertiary alicyclic amines) is 2. The van der Waals surface area contributed by atoms with Crippen molar-refractivity contribution in [3.05, 3.63) is 48.2 Å². The van der Waals surface area contributed by atoms with E-state index in [0.717, 1.165) is 110 Å². The normalized spacial score (nSPS) is 22.7. The Labute approximate surface area is 312 Å². The Morgan fingerprint density at radius 2 is 1.76 bits per heavy atom. The van der Waals surface area contributed by atoms with Gasteiger partial charge in [0.25, 0.3) is 0 Å². The Kier molecular flexibility index (Phi) is 7.62. The maximum atomic E-state index is 14.1. The van der Waals surface area contributed by atoms with Crippen LogP contribution >= 0.6 is 0 Å². The van der Waals surface area contributed by atoms with E-state index in [2.05, 4.69) is 44.5 Å². The fourth-order valence-corrected chi connectivity index (χ4v) is 10.3. The van der Waals surface area contributed by atoms with Gasteiger partial charge in [-0.25, -0.2) is 4.98 Å². The lowest BCUT2D eigenvalue weighted by Gasteiger charge is -2.63. The van der Waals surface area contributed by atoms with Gasteiger partial charge in [0.05, 0.1) is 11.7 Å². The zero-order valence-corrected chi connectivity index (χ0v) is 31.0. The molecule has 4 aromatic rings. The molecule has 6 aliphatic rings. The highest BCUT2D eigenvalue weighted by Gasteiger charge is 2.55. The molecule has 13 heteroatoms. The number of rotatable bonds is 8. The molecular formula is C41H47F3N8O2. The van der Waals surface area contributed by atoms with Gasteiger partial charge in [0.1, 0.15) is 11.3 Å². The molecule has 284 valence electrons. The molecule has 0 atom stereocenters. The number of piperidine rings is 1. The number of alkyl halides is 3. The fourth-order valence-electron chi connectivity index (χ4n) is 10.3. The van der Waals surface area contributed by atoms with Crippen LogP contribution in [0.4, 0.5) is 24.9 Å². The van der Waals surface area contributed by atoms with Crippen LogP contribution in [-0.2, 0) is 4.79 Å². The molecule has 2 aliphatic carbocycles. The molecule has 0 unspecified atom stereocenters. The standard InChI is InChI=1S/C41H47F3N8O2/c1-4-32(53)51-19-39(20-51)9-11-49(12-10-39)37-29-13-28(26-6-7-26)34(33-25(3)5-8-31-30(33)16-45-48-31)36(54-23-41(42,43)44)35(29)46-38(47-37)52-21-40(22-52)14-27(15-40)50-17-24(2)18-50/h4-5,8,13,16,24,26-27H,1,6-7,9-12,14-15,17-23H2,2-3H3,(H,45,48). The van der Waals surface area contributed by atoms with Gasteiger partial charge in [0.2, 0.25) is 11.9 Å². The minimum atomic E-state index is -4.54. The van der Waals surface area contributed by atoms with Crippen LogP contribution in [0, 0.1) is 23.7 Å². The highest BCUT2D eigenvalue weighted by molar-refractivity contribution is 6.06. The number of amides is 1. The summed E-state index contributed by atoms with van der Waals surface area (Å²) in [7, 11) is 0. The maximum Gasteiger partial charge on any atom is 0.422 e. The van der Waals surface area contributed by atoms with E-state index in [1.165, 1.54) is 32.0 Å². The maximum absolute atomic E-state index is 14.1. The van der Waals surface area contributed by atoms with Crippen LogP contribution in [0.5, 0.6) is 5.75 Å². The average molecular weight is 741 g/mol. The molecule has 2 aromatic heterocycles. The zero-order valence-electron chi connectivity index (χ0n) is 31.0. The predicted octanol–water partition coefficient (Wildman–Crippen LogP) is 6.84. The summed E-state index contributed by atoms with van der Waals surface area (Å²) in [6.45, 7) is 13.5. The summed E-state index contributed by atoms with van der Waals surface area (Å²) in [5, 5.41) is 8.94. The molecule has 0 radical (unpaired) electrons. The van der Waals surface area contributed by atoms with Crippen molar-refractivity contribution in [3.8, 4) is 16.9 Å². The third-order valence-corrected chi connectivity index (χ3v) is 13.4. The van der Waals surface area contributed by atoms with Crippen molar-refractivity contribution >= 4 is 39.5 Å². The molecule has 6 heterocycles. The third-order valence-electron chi connectivity index (χ3n) is 13.4. The first-order valence-electron chi connectivity index (χ1n) is 19.6. The van der Waals surface area contributed by atoms with E-state index in [1.54, 1.807) is 6.20 Å². The van der Waals surface area contributed by atoms with E-state index in [9.17, 15) is 18.0 Å². The summed E-state index contributed by atoms with van der Waals surface area (Å²) in [6, 6.07) is 6.74. The van der Waals surface area contributed by atoms with Crippen LogP contribution in [0.1, 0.15) is 62.5 Å². The number of ether oxygens (including phenoxy) is 1. The van der Waals surface area contributed by atoms with Gasteiger partial charge in [-0.1, -0.05) is 19.6 Å². The van der Waals surface area contributed by atoms with E-state index in [0.29, 0.717) is 23.1 Å². The smallest absolute Gasteiger partial charge is 0.422 e. The summed E-state index contributed by atoms with van der Waals surface area (Å²) in [4.78, 5) is 31.7. The van der Waals surface area contributed by atoms with E-state index in [1.807, 2.05) is 24.0 Å². The molecule has 54 heavy (non-hydrogen) atoms. The van der Waals surface area contributed by atoms with Crippen molar-refractivity contribution < 1.29 is 22.7 Å². The number of halogens is 3. The number of aryl methyl sites for hydroxylation is 1. The summed E-state index contributed by atoms with van der Waals surface area (Å²) in [5.41, 5.74) is 4.96. The molecule has 1 N–H and O–H groups in total. The van der Waals surface area contributed by atoms with Gasteiger partial charge in [-0.05, 0) is 92.2 Å². The van der Waals surface area contributed by atoms with Gasteiger partial charge in [-0.2, -0.15) is 23.3 Å². The lowest BCUT2D eigenvalue weighted by atomic mass is 9.59. The first-order chi connectivity index (χ1) is 25.9. The number of nitrogens with zero attached hydrogens (tertiary/aromatic N) is 7. The van der Waals surface area contributed by atoms with Crippen LogP contribution in [0.2, 0.25) is 0 Å². The number of aromatic nitrogens is 4. The first kappa shape index (κ1) is 34.1. The number of carbonyl (C=O) groups is 1. The lowest BCUT2D eigenvalue weighted by molar-refractivity contribution is -0.153. The summed E-state index contributed by atoms with van der Waals surface area (Å²) in [5.74, 6) is 2.41. The number of nitrogens with one attached hydrogen (secondary N) is 1. The quantitative estimate of drug-likeness (QED) is 0.197. The van der Waals surface area contributed by atoms with Crippen molar-refractivity contribution in [2.24, 2.45) is 16.7 Å². The molecule has 2 aromatic carbocycles. The average Bonchev–Trinajstić information content (AvgIpc) is 3.82. The second-order valence-corrected chi connectivity index (χ2v) is 17.5. The number of anilines is 2. The Morgan fingerprint density at radius 1 is 1.02 bits per heavy atom. The van der Waals surface area contributed by atoms with Crippen molar-refractivity contribution in [1.29, 1.82) is 0 Å².